The molecule has 1 heterocycles. The van der Waals surface area contributed by atoms with Crippen LogP contribution < -0.4 is 4.90 Å². The van der Waals surface area contributed by atoms with Gasteiger partial charge in [0.15, 0.2) is 0 Å². The molecular formula is C54H35NS. The first kappa shape index (κ1) is 32.4. The summed E-state index contributed by atoms with van der Waals surface area (Å²) in [6.07, 6.45) is 0. The lowest BCUT2D eigenvalue weighted by molar-refractivity contribution is 1.31. The molecule has 2 heteroatoms. The van der Waals surface area contributed by atoms with Crippen LogP contribution in [0.2, 0.25) is 0 Å². The average molecular weight is 730 g/mol. The van der Waals surface area contributed by atoms with Gasteiger partial charge >= 0.3 is 0 Å². The second kappa shape index (κ2) is 13.4. The second-order valence-electron chi connectivity index (χ2n) is 14.5. The Balaban J connectivity index is 1.12. The minimum atomic E-state index is 1.12. The third-order valence-electron chi connectivity index (χ3n) is 11.2. The predicted octanol–water partition coefficient (Wildman–Crippen LogP) is 16.0. The number of hydrogen-bond donors (Lipinski definition) is 0. The van der Waals surface area contributed by atoms with Crippen molar-refractivity contribution in [1.82, 2.24) is 0 Å². The highest BCUT2D eigenvalue weighted by atomic mass is 32.1. The van der Waals surface area contributed by atoms with Crippen LogP contribution in [0.1, 0.15) is 0 Å². The Morgan fingerprint density at radius 2 is 0.857 bits per heavy atom. The van der Waals surface area contributed by atoms with Gasteiger partial charge in [-0.15, -0.1) is 11.3 Å². The molecule has 0 amide bonds. The molecule has 0 fully saturated rings. The summed E-state index contributed by atoms with van der Waals surface area (Å²) < 4.78 is 2.58. The summed E-state index contributed by atoms with van der Waals surface area (Å²) in [5, 5.41) is 10.1. The summed E-state index contributed by atoms with van der Waals surface area (Å²) >= 11 is 1.88. The highest BCUT2D eigenvalue weighted by Crippen LogP contribution is 2.50. The maximum Gasteiger partial charge on any atom is 0.0718 e. The highest BCUT2D eigenvalue weighted by molar-refractivity contribution is 7.26. The number of hydrogen-bond acceptors (Lipinski definition) is 2. The Labute approximate surface area is 330 Å². The van der Waals surface area contributed by atoms with Crippen LogP contribution in [0.4, 0.5) is 17.1 Å². The van der Waals surface area contributed by atoms with Crippen LogP contribution in [-0.2, 0) is 0 Å². The van der Waals surface area contributed by atoms with E-state index in [-0.39, 0.29) is 0 Å². The van der Waals surface area contributed by atoms with Gasteiger partial charge in [0.05, 0.1) is 16.1 Å². The minimum absolute atomic E-state index is 1.12. The summed E-state index contributed by atoms with van der Waals surface area (Å²) in [7, 11) is 0. The molecule has 0 aliphatic carbocycles. The van der Waals surface area contributed by atoms with Crippen molar-refractivity contribution in [3.8, 4) is 33.4 Å². The van der Waals surface area contributed by atoms with Gasteiger partial charge in [0.2, 0.25) is 0 Å². The molecule has 11 rings (SSSR count). The van der Waals surface area contributed by atoms with Crippen molar-refractivity contribution in [3.63, 3.8) is 0 Å². The molecule has 0 unspecified atom stereocenters. The van der Waals surface area contributed by atoms with E-state index in [1.165, 1.54) is 91.6 Å². The van der Waals surface area contributed by atoms with E-state index >= 15 is 0 Å². The van der Waals surface area contributed by atoms with Crippen molar-refractivity contribution in [2.24, 2.45) is 0 Å². The molecule has 262 valence electrons. The van der Waals surface area contributed by atoms with Gasteiger partial charge in [-0.2, -0.15) is 0 Å². The molecule has 0 aliphatic rings. The fourth-order valence-corrected chi connectivity index (χ4v) is 9.81. The van der Waals surface area contributed by atoms with E-state index < -0.39 is 0 Å². The monoisotopic (exact) mass is 729 g/mol. The first-order valence-electron chi connectivity index (χ1n) is 19.2. The van der Waals surface area contributed by atoms with Crippen LogP contribution in [0, 0.1) is 0 Å². The summed E-state index contributed by atoms with van der Waals surface area (Å²) in [6.45, 7) is 0. The van der Waals surface area contributed by atoms with E-state index in [4.69, 9.17) is 0 Å². The largest absolute Gasteiger partial charge is 0.308 e. The van der Waals surface area contributed by atoms with E-state index in [2.05, 4.69) is 217 Å². The summed E-state index contributed by atoms with van der Waals surface area (Å²) in [6, 6.07) is 77.7. The molecule has 0 saturated carbocycles. The fourth-order valence-electron chi connectivity index (χ4n) is 8.58. The average Bonchev–Trinajstić information content (AvgIpc) is 3.65. The van der Waals surface area contributed by atoms with Crippen LogP contribution in [-0.4, -0.2) is 0 Å². The smallest absolute Gasteiger partial charge is 0.0718 e. The van der Waals surface area contributed by atoms with Gasteiger partial charge in [0, 0.05) is 32.1 Å². The van der Waals surface area contributed by atoms with Crippen molar-refractivity contribution >= 4 is 80.9 Å². The van der Waals surface area contributed by atoms with Gasteiger partial charge in [-0.05, 0) is 91.1 Å². The maximum absolute atomic E-state index is 2.51. The lowest BCUT2D eigenvalue weighted by Gasteiger charge is -2.30. The Hall–Kier alpha value is -7.00. The van der Waals surface area contributed by atoms with Crippen LogP contribution >= 0.6 is 11.3 Å². The third-order valence-corrected chi connectivity index (χ3v) is 12.4. The summed E-state index contributed by atoms with van der Waals surface area (Å²) in [4.78, 5) is 2.51. The molecule has 0 bridgehead atoms. The molecule has 0 spiro atoms. The van der Waals surface area contributed by atoms with E-state index in [1.807, 2.05) is 11.3 Å². The van der Waals surface area contributed by atoms with Gasteiger partial charge in [-0.25, -0.2) is 0 Å². The molecule has 0 N–H and O–H groups in total. The normalized spacial score (nSPS) is 11.6. The number of thiophene rings is 1. The minimum Gasteiger partial charge on any atom is -0.308 e. The maximum atomic E-state index is 2.51. The Morgan fingerprint density at radius 1 is 0.321 bits per heavy atom. The fraction of sp³-hybridized carbons (Fsp3) is 0. The van der Waals surface area contributed by atoms with Crippen molar-refractivity contribution < 1.29 is 0 Å². The molecule has 56 heavy (non-hydrogen) atoms. The van der Waals surface area contributed by atoms with Crippen LogP contribution in [0.15, 0.2) is 212 Å². The number of benzene rings is 10. The molecule has 0 saturated heterocycles. The summed E-state index contributed by atoms with van der Waals surface area (Å²) in [5.41, 5.74) is 10.7. The second-order valence-corrected chi connectivity index (χ2v) is 15.5. The van der Waals surface area contributed by atoms with E-state index in [9.17, 15) is 0 Å². The van der Waals surface area contributed by atoms with Gasteiger partial charge in [-0.3, -0.25) is 0 Å². The topological polar surface area (TPSA) is 3.24 Å². The molecule has 0 radical (unpaired) electrons. The summed E-state index contributed by atoms with van der Waals surface area (Å²) in [5.74, 6) is 0. The zero-order chi connectivity index (χ0) is 37.0. The quantitative estimate of drug-likeness (QED) is 0.154. The zero-order valence-electron chi connectivity index (χ0n) is 30.6. The molecular weight excluding hydrogens is 695 g/mol. The van der Waals surface area contributed by atoms with E-state index in [0.29, 0.717) is 0 Å². The lowest BCUT2D eigenvalue weighted by Crippen LogP contribution is -2.12. The predicted molar refractivity (Wildman–Crippen MR) is 243 cm³/mol. The van der Waals surface area contributed by atoms with Crippen LogP contribution in [0.3, 0.4) is 0 Å². The van der Waals surface area contributed by atoms with Gasteiger partial charge < -0.3 is 4.90 Å². The number of rotatable bonds is 6. The van der Waals surface area contributed by atoms with Crippen molar-refractivity contribution in [2.45, 2.75) is 0 Å². The van der Waals surface area contributed by atoms with Gasteiger partial charge in [-0.1, -0.05) is 176 Å². The first-order valence-corrected chi connectivity index (χ1v) is 20.0. The molecule has 11 aromatic rings. The van der Waals surface area contributed by atoms with Crippen molar-refractivity contribution in [1.29, 1.82) is 0 Å². The van der Waals surface area contributed by atoms with E-state index in [1.54, 1.807) is 0 Å². The first-order chi connectivity index (χ1) is 27.8. The number of para-hydroxylation sites is 1. The Bertz CT molecular complexity index is 3230. The Kier molecular flexibility index (Phi) is 7.75. The number of nitrogens with zero attached hydrogens (tertiary/aromatic N) is 1. The zero-order valence-corrected chi connectivity index (χ0v) is 31.4. The SMILES string of the molecule is c1ccc(-c2ccc(N(c3ccccc3-c3ccc(-c4cc5ccccc5c5ccccc45)cc3)c3c4ccccc4cc4c3sc3ccccc34)cc2)cc1. The third kappa shape index (κ3) is 5.38. The van der Waals surface area contributed by atoms with Gasteiger partial charge in [0.1, 0.15) is 0 Å². The molecule has 0 atom stereocenters. The lowest BCUT2D eigenvalue weighted by atomic mass is 9.92. The van der Waals surface area contributed by atoms with Gasteiger partial charge in [0.25, 0.3) is 0 Å². The number of anilines is 3. The molecule has 1 aromatic heterocycles. The standard InChI is InChI=1S/C54H35NS/c1-2-14-36(15-3-1)37-30-32-42(33-31-37)55(53-45-20-7-5-17-41(45)35-50-48-23-11-13-25-52(48)56-54(50)53)51-24-12-10-19-44(51)38-26-28-39(29-27-38)49-34-40-16-4-6-18-43(40)46-21-8-9-22-47(46)49/h1-35H. The van der Waals surface area contributed by atoms with Crippen molar-refractivity contribution in [3.05, 3.63) is 212 Å². The Morgan fingerprint density at radius 3 is 1.62 bits per heavy atom. The molecule has 1 nitrogen and oxygen atoms in total. The van der Waals surface area contributed by atoms with Crippen molar-refractivity contribution in [2.75, 3.05) is 4.90 Å². The van der Waals surface area contributed by atoms with Crippen LogP contribution in [0.5, 0.6) is 0 Å². The number of fused-ring (bicyclic) bond motifs is 7. The van der Waals surface area contributed by atoms with E-state index in [0.717, 1.165) is 11.4 Å². The molecule has 0 aliphatic heterocycles. The van der Waals surface area contributed by atoms with Crippen LogP contribution in [0.25, 0.3) is 85.9 Å². The molecule has 10 aromatic carbocycles. The highest BCUT2D eigenvalue weighted by Gasteiger charge is 2.24.